The smallest absolute Gasteiger partial charge is 0.392 e. The molecule has 0 unspecified atom stereocenters. The van der Waals surface area contributed by atoms with Crippen LogP contribution in [0, 0.1) is 0 Å². The van der Waals surface area contributed by atoms with Crippen LogP contribution in [0.15, 0.2) is 6.20 Å². The van der Waals surface area contributed by atoms with Gasteiger partial charge in [0.2, 0.25) is 11.8 Å². The molecule has 0 fully saturated rings. The van der Waals surface area contributed by atoms with Gasteiger partial charge in [-0.25, -0.2) is 0 Å². The zero-order chi connectivity index (χ0) is 14.6. The third kappa shape index (κ3) is 3.72. The number of hydrogen-bond acceptors (Lipinski definition) is 5. The molecular formula is C11H14F3N5O. The van der Waals surface area contributed by atoms with Crippen LogP contribution < -0.4 is 10.1 Å². The Bertz CT molecular complexity index is 569. The number of alkyl halides is 3. The molecule has 0 amide bonds. The third-order valence-corrected chi connectivity index (χ3v) is 2.43. The van der Waals surface area contributed by atoms with Gasteiger partial charge in [-0.15, -0.1) is 0 Å². The first-order valence-corrected chi connectivity index (χ1v) is 6.14. The Balaban J connectivity index is 2.15. The number of ether oxygens (including phenoxy) is 1. The average Bonchev–Trinajstić information content (AvgIpc) is 2.83. The van der Waals surface area contributed by atoms with Crippen LogP contribution in [0.5, 0.6) is 5.88 Å². The Labute approximate surface area is 112 Å². The maximum atomic E-state index is 12.1. The second kappa shape index (κ2) is 5.93. The summed E-state index contributed by atoms with van der Waals surface area (Å²) in [7, 11) is 0. The van der Waals surface area contributed by atoms with Gasteiger partial charge in [0, 0.05) is 6.54 Å². The molecule has 2 N–H and O–H groups in total. The fourth-order valence-electron chi connectivity index (χ4n) is 1.50. The van der Waals surface area contributed by atoms with Gasteiger partial charge in [-0.05, 0) is 6.42 Å². The summed E-state index contributed by atoms with van der Waals surface area (Å²) in [5.41, 5.74) is 0.417. The predicted octanol–water partition coefficient (Wildman–Crippen LogP) is 2.51. The quantitative estimate of drug-likeness (QED) is 0.854. The van der Waals surface area contributed by atoms with Crippen LogP contribution in [0.4, 0.5) is 19.1 Å². The van der Waals surface area contributed by atoms with E-state index in [-0.39, 0.29) is 5.88 Å². The lowest BCUT2D eigenvalue weighted by atomic mass is 10.4. The molecule has 0 aliphatic carbocycles. The summed E-state index contributed by atoms with van der Waals surface area (Å²) in [6.45, 7) is 2.14. The number of nitrogens with zero attached hydrogens (tertiary/aromatic N) is 3. The number of halogens is 3. The molecule has 6 nitrogen and oxygen atoms in total. The summed E-state index contributed by atoms with van der Waals surface area (Å²) in [6.07, 6.45) is -3.00. The van der Waals surface area contributed by atoms with E-state index in [2.05, 4.69) is 25.5 Å². The largest absolute Gasteiger partial charge is 0.477 e. The fraction of sp³-hybridized carbons (Fsp3) is 0.545. The zero-order valence-electron chi connectivity index (χ0n) is 10.8. The minimum atomic E-state index is -4.26. The summed E-state index contributed by atoms with van der Waals surface area (Å²) in [5.74, 6) is 0.386. The molecule has 0 bridgehead atoms. The van der Waals surface area contributed by atoms with Crippen LogP contribution in [-0.2, 0) is 0 Å². The van der Waals surface area contributed by atoms with Gasteiger partial charge in [-0.2, -0.15) is 28.2 Å². The van der Waals surface area contributed by atoms with E-state index >= 15 is 0 Å². The average molecular weight is 289 g/mol. The highest BCUT2D eigenvalue weighted by Crippen LogP contribution is 2.24. The minimum Gasteiger partial charge on any atom is -0.477 e. The molecule has 0 atom stereocenters. The van der Waals surface area contributed by atoms with Crippen molar-refractivity contribution in [3.63, 3.8) is 0 Å². The van der Waals surface area contributed by atoms with Crippen LogP contribution in [0.2, 0.25) is 0 Å². The third-order valence-electron chi connectivity index (χ3n) is 2.43. The summed E-state index contributed by atoms with van der Waals surface area (Å²) in [6, 6.07) is 0. The lowest BCUT2D eigenvalue weighted by Crippen LogP contribution is -2.14. The van der Waals surface area contributed by atoms with Gasteiger partial charge >= 0.3 is 6.18 Å². The highest BCUT2D eigenvalue weighted by atomic mass is 19.4. The van der Waals surface area contributed by atoms with Crippen LogP contribution in [0.25, 0.3) is 11.0 Å². The lowest BCUT2D eigenvalue weighted by Gasteiger charge is -2.10. The zero-order valence-corrected chi connectivity index (χ0v) is 10.8. The molecule has 0 aliphatic rings. The Morgan fingerprint density at radius 3 is 2.85 bits per heavy atom. The molecule has 2 aromatic rings. The molecule has 0 saturated carbocycles. The number of H-pyrrole nitrogens is 1. The van der Waals surface area contributed by atoms with Gasteiger partial charge in [-0.1, -0.05) is 6.92 Å². The van der Waals surface area contributed by atoms with Crippen LogP contribution in [0.3, 0.4) is 0 Å². The molecule has 0 spiro atoms. The molecule has 0 radical (unpaired) electrons. The first-order valence-electron chi connectivity index (χ1n) is 6.14. The molecule has 0 aliphatic heterocycles. The Hall–Kier alpha value is -2.06. The number of hydrogen-bond donors (Lipinski definition) is 2. The SMILES string of the molecule is CCCNc1nc(OCCC(F)(F)F)c2cn[nH]c2n1. The first-order chi connectivity index (χ1) is 9.49. The molecule has 20 heavy (non-hydrogen) atoms. The number of nitrogens with one attached hydrogen (secondary N) is 2. The van der Waals surface area contributed by atoms with Crippen molar-refractivity contribution in [2.75, 3.05) is 18.5 Å². The number of fused-ring (bicyclic) bond motifs is 1. The maximum absolute atomic E-state index is 12.1. The summed E-state index contributed by atoms with van der Waals surface area (Å²) in [4.78, 5) is 8.21. The van der Waals surface area contributed by atoms with E-state index < -0.39 is 19.2 Å². The van der Waals surface area contributed by atoms with Gasteiger partial charge in [0.05, 0.1) is 19.2 Å². The highest BCUT2D eigenvalue weighted by molar-refractivity contribution is 5.80. The second-order valence-electron chi connectivity index (χ2n) is 4.13. The van der Waals surface area contributed by atoms with Crippen molar-refractivity contribution in [2.24, 2.45) is 0 Å². The van der Waals surface area contributed by atoms with Crippen molar-refractivity contribution >= 4 is 17.0 Å². The van der Waals surface area contributed by atoms with Gasteiger partial charge in [0.25, 0.3) is 0 Å². The number of aromatic nitrogens is 4. The van der Waals surface area contributed by atoms with Gasteiger partial charge in [0.15, 0.2) is 5.65 Å². The van der Waals surface area contributed by atoms with Gasteiger partial charge < -0.3 is 10.1 Å². The fourth-order valence-corrected chi connectivity index (χ4v) is 1.50. The molecule has 0 aromatic carbocycles. The van der Waals surface area contributed by atoms with E-state index in [1.807, 2.05) is 6.92 Å². The van der Waals surface area contributed by atoms with E-state index in [4.69, 9.17) is 4.74 Å². The standard InChI is InChI=1S/C11H14F3N5O/c1-2-4-15-10-17-8-7(6-16-19-8)9(18-10)20-5-3-11(12,13)14/h6H,2-5H2,1H3,(H2,15,16,17,18,19). The Morgan fingerprint density at radius 2 is 2.15 bits per heavy atom. The number of anilines is 1. The molecule has 2 heterocycles. The van der Waals surface area contributed by atoms with Crippen molar-refractivity contribution in [3.05, 3.63) is 6.20 Å². The summed E-state index contributed by atoms with van der Waals surface area (Å²) in [5, 5.41) is 9.83. The normalized spacial score (nSPS) is 11.8. The Kier molecular flexibility index (Phi) is 4.26. The maximum Gasteiger partial charge on any atom is 0.392 e. The number of rotatable bonds is 6. The molecule has 9 heteroatoms. The van der Waals surface area contributed by atoms with Crippen molar-refractivity contribution in [1.29, 1.82) is 0 Å². The van der Waals surface area contributed by atoms with E-state index in [0.717, 1.165) is 6.42 Å². The van der Waals surface area contributed by atoms with Crippen molar-refractivity contribution in [1.82, 2.24) is 20.2 Å². The lowest BCUT2D eigenvalue weighted by molar-refractivity contribution is -0.139. The first kappa shape index (κ1) is 14.4. The molecule has 2 rings (SSSR count). The van der Waals surface area contributed by atoms with Crippen molar-refractivity contribution in [2.45, 2.75) is 25.9 Å². The monoisotopic (exact) mass is 289 g/mol. The van der Waals surface area contributed by atoms with E-state index in [1.165, 1.54) is 6.20 Å². The van der Waals surface area contributed by atoms with Crippen molar-refractivity contribution in [3.8, 4) is 5.88 Å². The summed E-state index contributed by atoms with van der Waals surface area (Å²) < 4.78 is 41.4. The van der Waals surface area contributed by atoms with Crippen LogP contribution in [0.1, 0.15) is 19.8 Å². The molecule has 0 saturated heterocycles. The molecule has 2 aromatic heterocycles. The predicted molar refractivity (Wildman–Crippen MR) is 66.6 cm³/mol. The highest BCUT2D eigenvalue weighted by Gasteiger charge is 2.27. The minimum absolute atomic E-state index is 0.0894. The van der Waals surface area contributed by atoms with E-state index in [0.29, 0.717) is 23.5 Å². The van der Waals surface area contributed by atoms with Crippen molar-refractivity contribution < 1.29 is 17.9 Å². The second-order valence-corrected chi connectivity index (χ2v) is 4.13. The van der Waals surface area contributed by atoms with Crippen LogP contribution >= 0.6 is 0 Å². The van der Waals surface area contributed by atoms with Crippen LogP contribution in [-0.4, -0.2) is 39.5 Å². The van der Waals surface area contributed by atoms with Gasteiger partial charge in [-0.3, -0.25) is 5.10 Å². The topological polar surface area (TPSA) is 75.7 Å². The Morgan fingerprint density at radius 1 is 1.35 bits per heavy atom. The summed E-state index contributed by atoms with van der Waals surface area (Å²) >= 11 is 0. The number of aromatic amines is 1. The molecule has 110 valence electrons. The van der Waals surface area contributed by atoms with Gasteiger partial charge in [0.1, 0.15) is 5.39 Å². The van der Waals surface area contributed by atoms with E-state index in [9.17, 15) is 13.2 Å². The van der Waals surface area contributed by atoms with E-state index in [1.54, 1.807) is 0 Å². The molecular weight excluding hydrogens is 275 g/mol.